The molecule has 6 heteroatoms. The van der Waals surface area contributed by atoms with Crippen molar-refractivity contribution in [2.75, 3.05) is 24.6 Å². The zero-order chi connectivity index (χ0) is 19.6. The highest BCUT2D eigenvalue weighted by Crippen LogP contribution is 2.22. The molecule has 0 aliphatic heterocycles. The van der Waals surface area contributed by atoms with Crippen molar-refractivity contribution in [3.63, 3.8) is 0 Å². The van der Waals surface area contributed by atoms with Crippen LogP contribution in [0.5, 0.6) is 11.5 Å². The first-order valence-corrected chi connectivity index (χ1v) is 9.23. The number of nitrogens with zero attached hydrogens (tertiary/aromatic N) is 2. The van der Waals surface area contributed by atoms with Crippen LogP contribution in [0.4, 0.5) is 5.69 Å². The van der Waals surface area contributed by atoms with Crippen LogP contribution in [0, 0.1) is 0 Å². The summed E-state index contributed by atoms with van der Waals surface area (Å²) >= 11 is 0. The minimum absolute atomic E-state index is 0.0465. The van der Waals surface area contributed by atoms with E-state index in [9.17, 15) is 9.90 Å². The van der Waals surface area contributed by atoms with Crippen molar-refractivity contribution in [1.29, 1.82) is 0 Å². The van der Waals surface area contributed by atoms with Gasteiger partial charge in [-0.15, -0.1) is 0 Å². The summed E-state index contributed by atoms with van der Waals surface area (Å²) in [6.07, 6.45) is 2.30. The van der Waals surface area contributed by atoms with Crippen LogP contribution in [-0.4, -0.2) is 36.9 Å². The second-order valence-corrected chi connectivity index (χ2v) is 5.99. The molecule has 0 bridgehead atoms. The first-order chi connectivity index (χ1) is 13.1. The van der Waals surface area contributed by atoms with E-state index in [4.69, 9.17) is 4.74 Å². The van der Waals surface area contributed by atoms with Crippen molar-refractivity contribution in [2.24, 2.45) is 5.10 Å². The van der Waals surface area contributed by atoms with Crippen LogP contribution < -0.4 is 15.1 Å². The molecule has 0 saturated heterocycles. The summed E-state index contributed by atoms with van der Waals surface area (Å²) in [6.45, 7) is 8.63. The lowest BCUT2D eigenvalue weighted by Gasteiger charge is -2.20. The van der Waals surface area contributed by atoms with Gasteiger partial charge in [0.25, 0.3) is 5.91 Å². The molecule has 0 heterocycles. The molecule has 0 aliphatic rings. The molecule has 0 atom stereocenters. The summed E-state index contributed by atoms with van der Waals surface area (Å²) in [5, 5.41) is 13.9. The van der Waals surface area contributed by atoms with E-state index < -0.39 is 0 Å². The summed E-state index contributed by atoms with van der Waals surface area (Å²) in [5.41, 5.74) is 4.57. The van der Waals surface area contributed by atoms with Gasteiger partial charge in [-0.3, -0.25) is 4.79 Å². The van der Waals surface area contributed by atoms with Crippen LogP contribution >= 0.6 is 0 Å². The standard InChI is InChI=1S/C21H27N3O3/c1-4-13-27-19-12-9-17(20(25)14-19)15-22-23-21(26)16-7-10-18(11-8-16)24(5-2)6-3/h7-12,14-15,25H,4-6,13H2,1-3H3,(H,23,26)/b22-15+. The van der Waals surface area contributed by atoms with Gasteiger partial charge in [0.1, 0.15) is 11.5 Å². The molecule has 2 aromatic carbocycles. The Morgan fingerprint density at radius 1 is 1.15 bits per heavy atom. The van der Waals surface area contributed by atoms with Crippen LogP contribution in [0.25, 0.3) is 0 Å². The van der Waals surface area contributed by atoms with Crippen molar-refractivity contribution in [3.05, 3.63) is 53.6 Å². The minimum Gasteiger partial charge on any atom is -0.507 e. The number of carbonyl (C=O) groups is 1. The molecule has 27 heavy (non-hydrogen) atoms. The predicted octanol–water partition coefficient (Wildman–Crippen LogP) is 3.79. The number of amides is 1. The van der Waals surface area contributed by atoms with Gasteiger partial charge in [-0.25, -0.2) is 5.43 Å². The van der Waals surface area contributed by atoms with E-state index in [1.165, 1.54) is 12.3 Å². The normalized spacial score (nSPS) is 10.8. The number of rotatable bonds is 9. The van der Waals surface area contributed by atoms with Crippen LogP contribution in [0.2, 0.25) is 0 Å². The maximum Gasteiger partial charge on any atom is 0.271 e. The molecule has 0 saturated carbocycles. The minimum atomic E-state index is -0.306. The summed E-state index contributed by atoms with van der Waals surface area (Å²) in [6, 6.07) is 12.4. The average Bonchev–Trinajstić information content (AvgIpc) is 2.69. The van der Waals surface area contributed by atoms with Gasteiger partial charge in [0.05, 0.1) is 12.8 Å². The lowest BCUT2D eigenvalue weighted by Crippen LogP contribution is -2.22. The number of phenols is 1. The predicted molar refractivity (Wildman–Crippen MR) is 109 cm³/mol. The fourth-order valence-corrected chi connectivity index (χ4v) is 2.58. The van der Waals surface area contributed by atoms with E-state index in [1.54, 1.807) is 24.3 Å². The molecular formula is C21H27N3O3. The Kier molecular flexibility index (Phi) is 7.67. The smallest absolute Gasteiger partial charge is 0.271 e. The van der Waals surface area contributed by atoms with Crippen LogP contribution in [0.15, 0.2) is 47.6 Å². The lowest BCUT2D eigenvalue weighted by atomic mass is 10.2. The zero-order valence-electron chi connectivity index (χ0n) is 16.1. The van der Waals surface area contributed by atoms with Crippen LogP contribution in [0.1, 0.15) is 43.1 Å². The van der Waals surface area contributed by atoms with E-state index in [0.29, 0.717) is 23.5 Å². The molecule has 2 rings (SSSR count). The Hall–Kier alpha value is -3.02. The summed E-state index contributed by atoms with van der Waals surface area (Å²) < 4.78 is 5.46. The topological polar surface area (TPSA) is 74.2 Å². The largest absolute Gasteiger partial charge is 0.507 e. The van der Waals surface area contributed by atoms with E-state index in [1.807, 2.05) is 19.1 Å². The summed E-state index contributed by atoms with van der Waals surface area (Å²) in [4.78, 5) is 14.4. The van der Waals surface area contributed by atoms with Gasteiger partial charge in [0, 0.05) is 36.0 Å². The number of anilines is 1. The van der Waals surface area contributed by atoms with Gasteiger partial charge >= 0.3 is 0 Å². The number of carbonyl (C=O) groups excluding carboxylic acids is 1. The molecule has 6 nitrogen and oxygen atoms in total. The number of hydrogen-bond acceptors (Lipinski definition) is 5. The van der Waals surface area contributed by atoms with E-state index >= 15 is 0 Å². The van der Waals surface area contributed by atoms with Crippen molar-refractivity contribution in [1.82, 2.24) is 5.43 Å². The first-order valence-electron chi connectivity index (χ1n) is 9.23. The number of ether oxygens (including phenoxy) is 1. The number of benzene rings is 2. The van der Waals surface area contributed by atoms with E-state index in [-0.39, 0.29) is 11.7 Å². The number of hydrazone groups is 1. The average molecular weight is 369 g/mol. The van der Waals surface area contributed by atoms with Crippen molar-refractivity contribution in [3.8, 4) is 11.5 Å². The zero-order valence-corrected chi connectivity index (χ0v) is 16.1. The first kappa shape index (κ1) is 20.3. The number of phenolic OH excluding ortho intramolecular Hbond substituents is 1. The highest BCUT2D eigenvalue weighted by Gasteiger charge is 2.07. The van der Waals surface area contributed by atoms with Crippen LogP contribution in [0.3, 0.4) is 0 Å². The van der Waals surface area contributed by atoms with Gasteiger partial charge in [-0.1, -0.05) is 6.92 Å². The SMILES string of the molecule is CCCOc1ccc(/C=N/NC(=O)c2ccc(N(CC)CC)cc2)c(O)c1. The third-order valence-corrected chi connectivity index (χ3v) is 4.10. The third kappa shape index (κ3) is 5.74. The van der Waals surface area contributed by atoms with Crippen molar-refractivity contribution < 1.29 is 14.6 Å². The lowest BCUT2D eigenvalue weighted by molar-refractivity contribution is 0.0955. The molecule has 0 aliphatic carbocycles. The Balaban J connectivity index is 1.96. The van der Waals surface area contributed by atoms with Crippen molar-refractivity contribution in [2.45, 2.75) is 27.2 Å². The van der Waals surface area contributed by atoms with Gasteiger partial charge in [-0.2, -0.15) is 5.10 Å². The molecule has 0 fully saturated rings. The highest BCUT2D eigenvalue weighted by atomic mass is 16.5. The summed E-state index contributed by atoms with van der Waals surface area (Å²) in [5.74, 6) is 0.341. The Labute approximate surface area is 160 Å². The van der Waals surface area contributed by atoms with E-state index in [2.05, 4.69) is 29.3 Å². The Morgan fingerprint density at radius 2 is 1.85 bits per heavy atom. The fourth-order valence-electron chi connectivity index (χ4n) is 2.58. The molecule has 2 N–H and O–H groups in total. The maximum absolute atomic E-state index is 12.2. The molecule has 0 unspecified atom stereocenters. The quantitative estimate of drug-likeness (QED) is 0.521. The molecule has 0 spiro atoms. The summed E-state index contributed by atoms with van der Waals surface area (Å²) in [7, 11) is 0. The highest BCUT2D eigenvalue weighted by molar-refractivity contribution is 5.95. The molecule has 144 valence electrons. The Morgan fingerprint density at radius 3 is 2.44 bits per heavy atom. The van der Waals surface area contributed by atoms with Crippen LogP contribution in [-0.2, 0) is 0 Å². The maximum atomic E-state index is 12.2. The number of nitrogens with one attached hydrogen (secondary N) is 1. The molecule has 0 radical (unpaired) electrons. The van der Waals surface area contributed by atoms with Gasteiger partial charge in [0.15, 0.2) is 0 Å². The van der Waals surface area contributed by atoms with Gasteiger partial charge < -0.3 is 14.7 Å². The van der Waals surface area contributed by atoms with Crippen molar-refractivity contribution >= 4 is 17.8 Å². The molecule has 1 amide bonds. The molecule has 0 aromatic heterocycles. The second-order valence-electron chi connectivity index (χ2n) is 5.99. The molecule has 2 aromatic rings. The molecular weight excluding hydrogens is 342 g/mol. The second kappa shape index (κ2) is 10.2. The third-order valence-electron chi connectivity index (χ3n) is 4.10. The number of aromatic hydroxyl groups is 1. The Bertz CT molecular complexity index is 769. The number of hydrogen-bond donors (Lipinski definition) is 2. The fraction of sp³-hybridized carbons (Fsp3) is 0.333. The van der Waals surface area contributed by atoms with Gasteiger partial charge in [0.2, 0.25) is 0 Å². The monoisotopic (exact) mass is 369 g/mol. The van der Waals surface area contributed by atoms with E-state index in [0.717, 1.165) is 25.2 Å². The van der Waals surface area contributed by atoms with Gasteiger partial charge in [-0.05, 0) is 56.7 Å².